The molecule has 27 heavy (non-hydrogen) atoms. The number of anilines is 1. The van der Waals surface area contributed by atoms with Crippen molar-refractivity contribution in [3.8, 4) is 0 Å². The molecule has 1 fully saturated rings. The number of carbonyl (C=O) groups excluding carboxylic acids is 2. The minimum Gasteiger partial charge on any atom is -0.369 e. The van der Waals surface area contributed by atoms with E-state index in [0.717, 1.165) is 31.7 Å². The molecule has 1 aliphatic rings. The number of urea groups is 1. The van der Waals surface area contributed by atoms with Gasteiger partial charge >= 0.3 is 6.03 Å². The number of imide groups is 1. The normalized spacial score (nSPS) is 15.9. The van der Waals surface area contributed by atoms with Gasteiger partial charge in [-0.25, -0.2) is 4.79 Å². The predicted octanol–water partition coefficient (Wildman–Crippen LogP) is 2.31. The van der Waals surface area contributed by atoms with Crippen molar-refractivity contribution in [1.82, 2.24) is 15.5 Å². The molecule has 1 heterocycles. The largest absolute Gasteiger partial charge is 0.369 e. The first-order chi connectivity index (χ1) is 13.1. The van der Waals surface area contributed by atoms with Gasteiger partial charge in [-0.15, -0.1) is 0 Å². The standard InChI is InChI=1S/C21H26N4O2/c1-16-8-6-7-11-18(16)24-12-14-25(15-13-24)19(17-9-4-3-5-10-17)20(26)23-21(27)22-2/h3-11,19H,12-15H2,1-2H3,(H2,22,23,26,27)/t19-/m1/s1. The summed E-state index contributed by atoms with van der Waals surface area (Å²) < 4.78 is 0. The zero-order chi connectivity index (χ0) is 19.2. The van der Waals surface area contributed by atoms with Crippen LogP contribution >= 0.6 is 0 Å². The van der Waals surface area contributed by atoms with Gasteiger partial charge in [0.25, 0.3) is 0 Å². The van der Waals surface area contributed by atoms with Crippen molar-refractivity contribution >= 4 is 17.6 Å². The summed E-state index contributed by atoms with van der Waals surface area (Å²) in [4.78, 5) is 28.9. The first-order valence-corrected chi connectivity index (χ1v) is 9.22. The lowest BCUT2D eigenvalue weighted by Crippen LogP contribution is -2.52. The molecule has 2 aromatic rings. The summed E-state index contributed by atoms with van der Waals surface area (Å²) in [6.07, 6.45) is 0. The Morgan fingerprint density at radius 3 is 2.19 bits per heavy atom. The zero-order valence-electron chi connectivity index (χ0n) is 15.8. The van der Waals surface area contributed by atoms with Gasteiger partial charge in [-0.1, -0.05) is 48.5 Å². The zero-order valence-corrected chi connectivity index (χ0v) is 15.8. The number of nitrogens with zero attached hydrogens (tertiary/aromatic N) is 2. The molecular formula is C21H26N4O2. The Bertz CT molecular complexity index is 786. The van der Waals surface area contributed by atoms with Gasteiger partial charge in [0.2, 0.25) is 5.91 Å². The molecule has 6 nitrogen and oxygen atoms in total. The summed E-state index contributed by atoms with van der Waals surface area (Å²) in [6.45, 7) is 5.28. The maximum Gasteiger partial charge on any atom is 0.321 e. The SMILES string of the molecule is CNC(=O)NC(=O)[C@@H](c1ccccc1)N1CCN(c2ccccc2C)CC1. The fourth-order valence-electron chi connectivity index (χ4n) is 3.55. The maximum atomic E-state index is 12.8. The minimum atomic E-state index is -0.487. The van der Waals surface area contributed by atoms with E-state index in [1.807, 2.05) is 36.4 Å². The second-order valence-electron chi connectivity index (χ2n) is 6.69. The van der Waals surface area contributed by atoms with Gasteiger partial charge in [0.1, 0.15) is 6.04 Å². The number of piperazine rings is 1. The van der Waals surface area contributed by atoms with E-state index in [-0.39, 0.29) is 5.91 Å². The van der Waals surface area contributed by atoms with E-state index in [2.05, 4.69) is 45.6 Å². The van der Waals surface area contributed by atoms with Crippen LogP contribution in [-0.4, -0.2) is 50.1 Å². The van der Waals surface area contributed by atoms with Crippen LogP contribution in [0.5, 0.6) is 0 Å². The fraction of sp³-hybridized carbons (Fsp3) is 0.333. The first kappa shape index (κ1) is 18.9. The number of hydrogen-bond donors (Lipinski definition) is 2. The molecule has 0 saturated carbocycles. The van der Waals surface area contributed by atoms with E-state index < -0.39 is 12.1 Å². The van der Waals surface area contributed by atoms with Gasteiger partial charge in [-0.2, -0.15) is 0 Å². The van der Waals surface area contributed by atoms with E-state index in [1.54, 1.807) is 0 Å². The molecule has 1 aliphatic heterocycles. The summed E-state index contributed by atoms with van der Waals surface area (Å²) in [5.41, 5.74) is 3.38. The average molecular weight is 366 g/mol. The average Bonchev–Trinajstić information content (AvgIpc) is 2.70. The monoisotopic (exact) mass is 366 g/mol. The van der Waals surface area contributed by atoms with E-state index in [4.69, 9.17) is 0 Å². The van der Waals surface area contributed by atoms with Crippen LogP contribution in [0.2, 0.25) is 0 Å². The molecule has 142 valence electrons. The third-order valence-corrected chi connectivity index (χ3v) is 4.96. The van der Waals surface area contributed by atoms with Crippen LogP contribution in [0.25, 0.3) is 0 Å². The number of nitrogens with one attached hydrogen (secondary N) is 2. The van der Waals surface area contributed by atoms with Crippen molar-refractivity contribution in [1.29, 1.82) is 0 Å². The molecular weight excluding hydrogens is 340 g/mol. The fourth-order valence-corrected chi connectivity index (χ4v) is 3.55. The van der Waals surface area contributed by atoms with E-state index in [0.29, 0.717) is 0 Å². The molecule has 0 spiro atoms. The van der Waals surface area contributed by atoms with E-state index >= 15 is 0 Å². The molecule has 2 N–H and O–H groups in total. The Labute approximate surface area is 160 Å². The van der Waals surface area contributed by atoms with Crippen molar-refractivity contribution in [2.45, 2.75) is 13.0 Å². The lowest BCUT2D eigenvalue weighted by Gasteiger charge is -2.40. The molecule has 1 saturated heterocycles. The van der Waals surface area contributed by atoms with Gasteiger partial charge in [-0.05, 0) is 24.1 Å². The van der Waals surface area contributed by atoms with Gasteiger partial charge in [0, 0.05) is 38.9 Å². The van der Waals surface area contributed by atoms with Crippen LogP contribution in [0.15, 0.2) is 54.6 Å². The predicted molar refractivity (Wildman–Crippen MR) is 107 cm³/mol. The van der Waals surface area contributed by atoms with Crippen LogP contribution < -0.4 is 15.5 Å². The summed E-state index contributed by atoms with van der Waals surface area (Å²) in [6, 6.07) is 17.0. The summed E-state index contributed by atoms with van der Waals surface area (Å²) >= 11 is 0. The molecule has 1 atom stereocenters. The molecule has 0 unspecified atom stereocenters. The van der Waals surface area contributed by atoms with Crippen molar-refractivity contribution in [3.05, 3.63) is 65.7 Å². The third kappa shape index (κ3) is 4.46. The second kappa shape index (κ2) is 8.68. The first-order valence-electron chi connectivity index (χ1n) is 9.22. The Kier molecular flexibility index (Phi) is 6.08. The highest BCUT2D eigenvalue weighted by Crippen LogP contribution is 2.26. The smallest absolute Gasteiger partial charge is 0.321 e. The number of amides is 3. The molecule has 0 aliphatic carbocycles. The Hall–Kier alpha value is -2.86. The van der Waals surface area contributed by atoms with Crippen LogP contribution in [0.1, 0.15) is 17.2 Å². The van der Waals surface area contributed by atoms with E-state index in [9.17, 15) is 9.59 Å². The van der Waals surface area contributed by atoms with Crippen molar-refractivity contribution < 1.29 is 9.59 Å². The maximum absolute atomic E-state index is 12.8. The topological polar surface area (TPSA) is 64.7 Å². The highest BCUT2D eigenvalue weighted by molar-refractivity contribution is 5.97. The Morgan fingerprint density at radius 1 is 0.926 bits per heavy atom. The molecule has 3 rings (SSSR count). The lowest BCUT2D eigenvalue weighted by atomic mass is 10.0. The molecule has 0 aromatic heterocycles. The molecule has 0 radical (unpaired) electrons. The molecule has 3 amide bonds. The summed E-state index contributed by atoms with van der Waals surface area (Å²) in [7, 11) is 1.50. The molecule has 0 bridgehead atoms. The van der Waals surface area contributed by atoms with Gasteiger partial charge in [-0.3, -0.25) is 15.0 Å². The number of carbonyl (C=O) groups is 2. The summed E-state index contributed by atoms with van der Waals surface area (Å²) in [5, 5.41) is 4.88. The van der Waals surface area contributed by atoms with Crippen molar-refractivity contribution in [2.75, 3.05) is 38.1 Å². The van der Waals surface area contributed by atoms with Crippen molar-refractivity contribution in [2.24, 2.45) is 0 Å². The second-order valence-corrected chi connectivity index (χ2v) is 6.69. The van der Waals surface area contributed by atoms with Crippen LogP contribution in [-0.2, 0) is 4.79 Å². The van der Waals surface area contributed by atoms with Crippen LogP contribution in [0.3, 0.4) is 0 Å². The minimum absolute atomic E-state index is 0.301. The summed E-state index contributed by atoms with van der Waals surface area (Å²) in [5.74, 6) is -0.301. The van der Waals surface area contributed by atoms with Gasteiger partial charge in [0.05, 0.1) is 0 Å². The van der Waals surface area contributed by atoms with Crippen molar-refractivity contribution in [3.63, 3.8) is 0 Å². The van der Waals surface area contributed by atoms with Crippen LogP contribution in [0.4, 0.5) is 10.5 Å². The van der Waals surface area contributed by atoms with Gasteiger partial charge < -0.3 is 10.2 Å². The highest BCUT2D eigenvalue weighted by atomic mass is 16.2. The van der Waals surface area contributed by atoms with Gasteiger partial charge in [0.15, 0.2) is 0 Å². The quantitative estimate of drug-likeness (QED) is 0.872. The third-order valence-electron chi connectivity index (χ3n) is 4.96. The number of benzene rings is 2. The molecule has 6 heteroatoms. The molecule has 2 aromatic carbocycles. The Balaban J connectivity index is 1.75. The van der Waals surface area contributed by atoms with Crippen LogP contribution in [0, 0.1) is 6.92 Å². The number of para-hydroxylation sites is 1. The number of hydrogen-bond acceptors (Lipinski definition) is 4. The van der Waals surface area contributed by atoms with E-state index in [1.165, 1.54) is 18.3 Å². The highest BCUT2D eigenvalue weighted by Gasteiger charge is 2.31. The Morgan fingerprint density at radius 2 is 1.56 bits per heavy atom. The lowest BCUT2D eigenvalue weighted by molar-refractivity contribution is -0.125. The number of aryl methyl sites for hydroxylation is 1. The number of rotatable bonds is 4.